The molecule has 0 saturated carbocycles. The minimum Gasteiger partial charge on any atom is -0.495 e. The molecule has 32 heavy (non-hydrogen) atoms. The van der Waals surface area contributed by atoms with Crippen LogP contribution in [0.4, 0.5) is 28.4 Å². The largest absolute Gasteiger partial charge is 0.495 e. The van der Waals surface area contributed by atoms with Crippen LogP contribution in [0.1, 0.15) is 16.7 Å². The van der Waals surface area contributed by atoms with Crippen molar-refractivity contribution in [2.75, 3.05) is 12.8 Å². The SMILES string of the molecule is COc1cc(N=Nc2cc(C)c(N=Nc3ccc(S(=O)(=O)O)cc3)cc2C)c(C)cc1N. The van der Waals surface area contributed by atoms with Crippen LogP contribution in [-0.2, 0) is 10.1 Å². The molecule has 3 aromatic rings. The van der Waals surface area contributed by atoms with E-state index in [0.29, 0.717) is 34.2 Å². The highest BCUT2D eigenvalue weighted by Crippen LogP contribution is 2.34. The molecular weight excluding hydrogens is 430 g/mol. The molecule has 3 aromatic carbocycles. The van der Waals surface area contributed by atoms with Crippen LogP contribution in [0.5, 0.6) is 5.75 Å². The quantitative estimate of drug-likeness (QED) is 0.257. The number of methoxy groups -OCH3 is 1. The summed E-state index contributed by atoms with van der Waals surface area (Å²) in [6, 6.07) is 12.7. The second-order valence-electron chi connectivity index (χ2n) is 7.17. The molecular formula is C22H23N5O4S. The van der Waals surface area contributed by atoms with Gasteiger partial charge in [0.25, 0.3) is 10.1 Å². The van der Waals surface area contributed by atoms with Gasteiger partial charge in [-0.2, -0.15) is 28.9 Å². The molecule has 0 aliphatic carbocycles. The van der Waals surface area contributed by atoms with E-state index in [-0.39, 0.29) is 4.90 Å². The molecule has 3 N–H and O–H groups in total. The highest BCUT2D eigenvalue weighted by atomic mass is 32.2. The van der Waals surface area contributed by atoms with Crippen LogP contribution in [0, 0.1) is 20.8 Å². The third kappa shape index (κ3) is 5.34. The highest BCUT2D eigenvalue weighted by Gasteiger charge is 2.09. The standard InChI is InChI=1S/C22H23N5O4S/c1-13-9-18(23)22(31-4)12-21(13)27-26-20-11-14(2)19(10-15(20)3)25-24-16-5-7-17(8-6-16)32(28,29)30/h5-12H,23H2,1-4H3,(H,28,29,30). The lowest BCUT2D eigenvalue weighted by Gasteiger charge is -2.08. The van der Waals surface area contributed by atoms with Crippen LogP contribution in [0.25, 0.3) is 0 Å². The fourth-order valence-corrected chi connectivity index (χ4v) is 3.37. The Morgan fingerprint density at radius 3 is 1.75 bits per heavy atom. The van der Waals surface area contributed by atoms with E-state index in [2.05, 4.69) is 20.5 Å². The fourth-order valence-electron chi connectivity index (χ4n) is 2.89. The van der Waals surface area contributed by atoms with Gasteiger partial charge in [-0.1, -0.05) is 0 Å². The van der Waals surface area contributed by atoms with E-state index in [0.717, 1.165) is 16.7 Å². The summed E-state index contributed by atoms with van der Waals surface area (Å²) < 4.78 is 36.5. The van der Waals surface area contributed by atoms with Crippen molar-refractivity contribution in [2.45, 2.75) is 25.7 Å². The summed E-state index contributed by atoms with van der Waals surface area (Å²) >= 11 is 0. The topological polar surface area (TPSA) is 139 Å². The van der Waals surface area contributed by atoms with Gasteiger partial charge in [0.15, 0.2) is 0 Å². The number of hydrogen-bond acceptors (Lipinski definition) is 8. The zero-order valence-corrected chi connectivity index (χ0v) is 18.9. The van der Waals surface area contributed by atoms with Crippen molar-refractivity contribution in [1.82, 2.24) is 0 Å². The van der Waals surface area contributed by atoms with E-state index in [1.165, 1.54) is 24.3 Å². The molecule has 9 nitrogen and oxygen atoms in total. The molecule has 0 aliphatic heterocycles. The van der Waals surface area contributed by atoms with Crippen molar-refractivity contribution in [1.29, 1.82) is 0 Å². The Balaban J connectivity index is 1.84. The Morgan fingerprint density at radius 2 is 1.25 bits per heavy atom. The maximum Gasteiger partial charge on any atom is 0.294 e. The number of nitrogens with zero attached hydrogens (tertiary/aromatic N) is 4. The van der Waals surface area contributed by atoms with Gasteiger partial charge in [0.1, 0.15) is 5.75 Å². The monoisotopic (exact) mass is 453 g/mol. The lowest BCUT2D eigenvalue weighted by molar-refractivity contribution is 0.417. The Bertz CT molecular complexity index is 1320. The lowest BCUT2D eigenvalue weighted by Crippen LogP contribution is -1.96. The van der Waals surface area contributed by atoms with Gasteiger partial charge in [-0.05, 0) is 79.9 Å². The first-order valence-corrected chi connectivity index (χ1v) is 11.0. The zero-order chi connectivity index (χ0) is 23.5. The van der Waals surface area contributed by atoms with Crippen molar-refractivity contribution in [3.05, 3.63) is 65.2 Å². The Labute approximate surface area is 186 Å². The summed E-state index contributed by atoms with van der Waals surface area (Å²) in [7, 11) is -2.70. The second-order valence-corrected chi connectivity index (χ2v) is 8.60. The number of rotatable bonds is 6. The molecule has 0 unspecified atom stereocenters. The lowest BCUT2D eigenvalue weighted by atomic mass is 10.1. The van der Waals surface area contributed by atoms with E-state index in [1.807, 2.05) is 32.9 Å². The number of azo groups is 2. The van der Waals surface area contributed by atoms with Gasteiger partial charge < -0.3 is 10.5 Å². The van der Waals surface area contributed by atoms with Gasteiger partial charge in [-0.3, -0.25) is 4.55 Å². The summed E-state index contributed by atoms with van der Waals surface area (Å²) in [6.45, 7) is 5.67. The summed E-state index contributed by atoms with van der Waals surface area (Å²) in [6.07, 6.45) is 0. The van der Waals surface area contributed by atoms with Crippen LogP contribution >= 0.6 is 0 Å². The van der Waals surface area contributed by atoms with E-state index in [1.54, 1.807) is 19.2 Å². The first kappa shape index (κ1) is 23.0. The summed E-state index contributed by atoms with van der Waals surface area (Å²) in [5.41, 5.74) is 11.5. The average Bonchev–Trinajstić information content (AvgIpc) is 2.73. The summed E-state index contributed by atoms with van der Waals surface area (Å²) in [5.74, 6) is 0.540. The predicted molar refractivity (Wildman–Crippen MR) is 123 cm³/mol. The molecule has 0 atom stereocenters. The van der Waals surface area contributed by atoms with Gasteiger partial charge in [0, 0.05) is 6.07 Å². The summed E-state index contributed by atoms with van der Waals surface area (Å²) in [5, 5.41) is 17.1. The van der Waals surface area contributed by atoms with Crippen molar-refractivity contribution < 1.29 is 17.7 Å². The Morgan fingerprint density at radius 1 is 0.781 bits per heavy atom. The maximum atomic E-state index is 11.1. The van der Waals surface area contributed by atoms with Crippen LogP contribution in [0.2, 0.25) is 0 Å². The Kier molecular flexibility index (Phi) is 6.66. The third-order valence-corrected chi connectivity index (χ3v) is 5.60. The van der Waals surface area contributed by atoms with Gasteiger partial charge >= 0.3 is 0 Å². The molecule has 0 heterocycles. The Hall–Kier alpha value is -3.63. The van der Waals surface area contributed by atoms with E-state index in [4.69, 9.17) is 15.0 Å². The van der Waals surface area contributed by atoms with Crippen LogP contribution in [0.3, 0.4) is 0 Å². The molecule has 0 saturated heterocycles. The van der Waals surface area contributed by atoms with E-state index in [9.17, 15) is 8.42 Å². The highest BCUT2D eigenvalue weighted by molar-refractivity contribution is 7.85. The van der Waals surface area contributed by atoms with Gasteiger partial charge in [0.05, 0.1) is 40.4 Å². The minimum absolute atomic E-state index is 0.202. The normalized spacial score (nSPS) is 12.0. The zero-order valence-electron chi connectivity index (χ0n) is 18.1. The number of hydrogen-bond donors (Lipinski definition) is 2. The van der Waals surface area contributed by atoms with Crippen molar-refractivity contribution in [3.8, 4) is 5.75 Å². The van der Waals surface area contributed by atoms with Gasteiger partial charge in [-0.25, -0.2) is 0 Å². The number of nitrogen functional groups attached to an aromatic ring is 1. The molecule has 0 bridgehead atoms. The maximum absolute atomic E-state index is 11.1. The number of aryl methyl sites for hydroxylation is 3. The summed E-state index contributed by atoms with van der Waals surface area (Å²) in [4.78, 5) is -0.202. The minimum atomic E-state index is -4.24. The van der Waals surface area contributed by atoms with E-state index < -0.39 is 10.1 Å². The number of nitrogens with two attached hydrogens (primary N) is 1. The molecule has 3 rings (SSSR count). The fraction of sp³-hybridized carbons (Fsp3) is 0.182. The first-order valence-electron chi connectivity index (χ1n) is 9.55. The smallest absolute Gasteiger partial charge is 0.294 e. The van der Waals surface area contributed by atoms with E-state index >= 15 is 0 Å². The molecule has 0 amide bonds. The molecule has 10 heteroatoms. The van der Waals surface area contributed by atoms with Gasteiger partial charge in [0.2, 0.25) is 0 Å². The van der Waals surface area contributed by atoms with Crippen molar-refractivity contribution in [3.63, 3.8) is 0 Å². The number of ether oxygens (including phenoxy) is 1. The molecule has 0 spiro atoms. The van der Waals surface area contributed by atoms with Crippen molar-refractivity contribution in [2.24, 2.45) is 20.5 Å². The third-order valence-electron chi connectivity index (χ3n) is 4.74. The molecule has 0 radical (unpaired) electrons. The molecule has 0 aliphatic rings. The molecule has 0 fully saturated rings. The molecule has 0 aromatic heterocycles. The van der Waals surface area contributed by atoms with Crippen LogP contribution in [0.15, 0.2) is 73.9 Å². The number of anilines is 1. The van der Waals surface area contributed by atoms with Crippen LogP contribution < -0.4 is 10.5 Å². The van der Waals surface area contributed by atoms with Crippen LogP contribution in [-0.4, -0.2) is 20.1 Å². The second kappa shape index (κ2) is 9.25. The molecule has 166 valence electrons. The number of benzene rings is 3. The predicted octanol–water partition coefficient (Wildman–Crippen LogP) is 6.28. The van der Waals surface area contributed by atoms with Crippen molar-refractivity contribution >= 4 is 38.6 Å². The van der Waals surface area contributed by atoms with Gasteiger partial charge in [-0.15, -0.1) is 0 Å². The first-order chi connectivity index (χ1) is 15.1. The average molecular weight is 454 g/mol.